The van der Waals surface area contributed by atoms with Gasteiger partial charge in [0.25, 0.3) is 0 Å². The van der Waals surface area contributed by atoms with Gasteiger partial charge in [0, 0.05) is 28.7 Å². The SMILES string of the molecule is C#Cc1cccc(Nc2ncnc3cc(OC)c(O[C@H]4CC[C@H](NC(=O)OC)CC4)cc23)c1. The summed E-state index contributed by atoms with van der Waals surface area (Å²) in [4.78, 5) is 20.3. The summed E-state index contributed by atoms with van der Waals surface area (Å²) >= 11 is 0. The molecule has 1 aliphatic carbocycles. The summed E-state index contributed by atoms with van der Waals surface area (Å²) in [6.45, 7) is 0. The molecule has 0 spiro atoms. The number of carbonyl (C=O) groups is 1. The Morgan fingerprint density at radius 1 is 1.09 bits per heavy atom. The summed E-state index contributed by atoms with van der Waals surface area (Å²) in [6, 6.07) is 11.4. The first kappa shape index (κ1) is 22.2. The monoisotopic (exact) mass is 446 g/mol. The molecule has 0 atom stereocenters. The third-order valence-electron chi connectivity index (χ3n) is 5.69. The number of anilines is 2. The average molecular weight is 447 g/mol. The van der Waals surface area contributed by atoms with Crippen molar-refractivity contribution in [2.45, 2.75) is 37.8 Å². The lowest BCUT2D eigenvalue weighted by Gasteiger charge is -2.29. The van der Waals surface area contributed by atoms with Crippen LogP contribution in [0.15, 0.2) is 42.7 Å². The molecule has 1 aliphatic rings. The van der Waals surface area contributed by atoms with E-state index in [2.05, 4.69) is 31.3 Å². The molecule has 0 unspecified atom stereocenters. The Morgan fingerprint density at radius 2 is 1.91 bits per heavy atom. The fraction of sp³-hybridized carbons (Fsp3) is 0.320. The molecule has 1 fully saturated rings. The molecule has 2 aromatic carbocycles. The van der Waals surface area contributed by atoms with Gasteiger partial charge in [-0.05, 0) is 49.9 Å². The smallest absolute Gasteiger partial charge is 0.407 e. The van der Waals surface area contributed by atoms with Crippen LogP contribution >= 0.6 is 0 Å². The lowest BCUT2D eigenvalue weighted by atomic mass is 9.93. The molecule has 1 saturated carbocycles. The minimum atomic E-state index is -0.400. The molecule has 1 aromatic heterocycles. The van der Waals surface area contributed by atoms with Gasteiger partial charge in [-0.25, -0.2) is 14.8 Å². The number of hydrogen-bond acceptors (Lipinski definition) is 7. The summed E-state index contributed by atoms with van der Waals surface area (Å²) in [5.41, 5.74) is 2.34. The Labute approximate surface area is 192 Å². The zero-order valence-electron chi connectivity index (χ0n) is 18.6. The normalized spacial score (nSPS) is 17.6. The number of aromatic nitrogens is 2. The van der Waals surface area contributed by atoms with E-state index in [0.29, 0.717) is 17.3 Å². The van der Waals surface area contributed by atoms with Crippen molar-refractivity contribution in [3.05, 3.63) is 48.3 Å². The summed E-state index contributed by atoms with van der Waals surface area (Å²) in [6.07, 6.45) is 9.90. The van der Waals surface area contributed by atoms with Gasteiger partial charge in [0.15, 0.2) is 11.5 Å². The van der Waals surface area contributed by atoms with Gasteiger partial charge < -0.3 is 24.8 Å². The van der Waals surface area contributed by atoms with Crippen molar-refractivity contribution < 1.29 is 19.0 Å². The molecule has 4 rings (SSSR count). The molecule has 8 nitrogen and oxygen atoms in total. The van der Waals surface area contributed by atoms with E-state index >= 15 is 0 Å². The maximum Gasteiger partial charge on any atom is 0.407 e. The lowest BCUT2D eigenvalue weighted by Crippen LogP contribution is -2.39. The third kappa shape index (κ3) is 5.26. The van der Waals surface area contributed by atoms with Crippen LogP contribution in [-0.4, -0.2) is 42.4 Å². The van der Waals surface area contributed by atoms with Crippen molar-refractivity contribution in [3.8, 4) is 23.8 Å². The van der Waals surface area contributed by atoms with Crippen LogP contribution in [-0.2, 0) is 4.74 Å². The minimum absolute atomic E-state index is 0.0143. The number of fused-ring (bicyclic) bond motifs is 1. The lowest BCUT2D eigenvalue weighted by molar-refractivity contribution is 0.126. The van der Waals surface area contributed by atoms with E-state index in [0.717, 1.165) is 47.8 Å². The largest absolute Gasteiger partial charge is 0.493 e. The Bertz CT molecular complexity index is 1180. The van der Waals surface area contributed by atoms with Gasteiger partial charge in [-0.2, -0.15) is 0 Å². The van der Waals surface area contributed by atoms with Crippen LogP contribution < -0.4 is 20.1 Å². The summed E-state index contributed by atoms with van der Waals surface area (Å²) in [5, 5.41) is 6.99. The fourth-order valence-electron chi connectivity index (χ4n) is 3.97. The highest BCUT2D eigenvalue weighted by Gasteiger charge is 2.25. The molecular formula is C25H26N4O4. The van der Waals surface area contributed by atoms with E-state index in [1.165, 1.54) is 13.4 Å². The van der Waals surface area contributed by atoms with Crippen LogP contribution in [0, 0.1) is 12.3 Å². The summed E-state index contributed by atoms with van der Waals surface area (Å²) < 4.78 is 16.6. The number of nitrogens with one attached hydrogen (secondary N) is 2. The molecule has 3 aromatic rings. The standard InChI is InChI=1S/C25H26N4O4/c1-4-16-6-5-7-18(12-16)28-24-20-13-23(22(31-2)14-21(20)26-15-27-24)33-19-10-8-17(9-11-19)29-25(30)32-3/h1,5-7,12-15,17,19H,8-11H2,2-3H3,(H,29,30)(H,26,27,28)/t17-,19-. The molecule has 0 aliphatic heterocycles. The molecule has 1 heterocycles. The highest BCUT2D eigenvalue weighted by Crippen LogP contribution is 2.37. The predicted molar refractivity (Wildman–Crippen MR) is 126 cm³/mol. The molecule has 8 heteroatoms. The maximum atomic E-state index is 11.5. The van der Waals surface area contributed by atoms with Crippen LogP contribution in [0.1, 0.15) is 31.2 Å². The van der Waals surface area contributed by atoms with Gasteiger partial charge in [-0.1, -0.05) is 12.0 Å². The number of nitrogens with zero attached hydrogens (tertiary/aromatic N) is 2. The van der Waals surface area contributed by atoms with Crippen LogP contribution in [0.25, 0.3) is 10.9 Å². The first-order chi connectivity index (χ1) is 16.1. The fourth-order valence-corrected chi connectivity index (χ4v) is 3.97. The molecule has 0 radical (unpaired) electrons. The zero-order valence-corrected chi connectivity index (χ0v) is 18.6. The Hall–Kier alpha value is -3.99. The number of ether oxygens (including phenoxy) is 3. The molecular weight excluding hydrogens is 420 g/mol. The Balaban J connectivity index is 1.55. The number of carbonyl (C=O) groups excluding carboxylic acids is 1. The second-order valence-corrected chi connectivity index (χ2v) is 7.82. The zero-order chi connectivity index (χ0) is 23.2. The van der Waals surface area contributed by atoms with Crippen LogP contribution in [0.5, 0.6) is 11.5 Å². The van der Waals surface area contributed by atoms with Gasteiger partial charge in [0.05, 0.1) is 25.8 Å². The first-order valence-corrected chi connectivity index (χ1v) is 10.8. The second kappa shape index (κ2) is 10.1. The molecule has 0 bridgehead atoms. The third-order valence-corrected chi connectivity index (χ3v) is 5.69. The molecule has 1 amide bonds. The highest BCUT2D eigenvalue weighted by atomic mass is 16.5. The molecule has 0 saturated heterocycles. The molecule has 33 heavy (non-hydrogen) atoms. The average Bonchev–Trinajstić information content (AvgIpc) is 2.85. The quantitative estimate of drug-likeness (QED) is 0.542. The Morgan fingerprint density at radius 3 is 2.64 bits per heavy atom. The number of terminal acetylenes is 1. The van der Waals surface area contributed by atoms with Crippen LogP contribution in [0.2, 0.25) is 0 Å². The topological polar surface area (TPSA) is 94.6 Å². The van der Waals surface area contributed by atoms with Crippen molar-refractivity contribution in [1.29, 1.82) is 0 Å². The number of alkyl carbamates (subject to hydrolysis) is 1. The Kier molecular flexibility index (Phi) is 6.79. The highest BCUT2D eigenvalue weighted by molar-refractivity contribution is 5.93. The number of hydrogen-bond donors (Lipinski definition) is 2. The van der Waals surface area contributed by atoms with E-state index in [-0.39, 0.29) is 12.1 Å². The molecule has 170 valence electrons. The van der Waals surface area contributed by atoms with Gasteiger partial charge in [-0.3, -0.25) is 0 Å². The number of amides is 1. The summed E-state index contributed by atoms with van der Waals surface area (Å²) in [7, 11) is 2.98. The predicted octanol–water partition coefficient (Wildman–Crippen LogP) is 4.41. The molecule has 2 N–H and O–H groups in total. The van der Waals surface area contributed by atoms with E-state index in [4.69, 9.17) is 15.9 Å². The first-order valence-electron chi connectivity index (χ1n) is 10.8. The van der Waals surface area contributed by atoms with Crippen molar-refractivity contribution >= 4 is 28.5 Å². The number of methoxy groups -OCH3 is 2. The second-order valence-electron chi connectivity index (χ2n) is 7.82. The number of benzene rings is 2. The van der Waals surface area contributed by atoms with Gasteiger partial charge in [-0.15, -0.1) is 6.42 Å². The van der Waals surface area contributed by atoms with Crippen LogP contribution in [0.3, 0.4) is 0 Å². The van der Waals surface area contributed by atoms with Gasteiger partial charge in [0.2, 0.25) is 0 Å². The van der Waals surface area contributed by atoms with E-state index in [1.54, 1.807) is 7.11 Å². The van der Waals surface area contributed by atoms with Crippen molar-refractivity contribution in [2.24, 2.45) is 0 Å². The van der Waals surface area contributed by atoms with E-state index in [9.17, 15) is 4.79 Å². The maximum absolute atomic E-state index is 11.5. The summed E-state index contributed by atoms with van der Waals surface area (Å²) in [5.74, 6) is 4.52. The van der Waals surface area contributed by atoms with E-state index < -0.39 is 6.09 Å². The minimum Gasteiger partial charge on any atom is -0.493 e. The van der Waals surface area contributed by atoms with Crippen molar-refractivity contribution in [3.63, 3.8) is 0 Å². The number of rotatable bonds is 6. The van der Waals surface area contributed by atoms with Crippen molar-refractivity contribution in [2.75, 3.05) is 19.5 Å². The van der Waals surface area contributed by atoms with Crippen molar-refractivity contribution in [1.82, 2.24) is 15.3 Å². The van der Waals surface area contributed by atoms with Gasteiger partial charge >= 0.3 is 6.09 Å². The van der Waals surface area contributed by atoms with E-state index in [1.807, 2.05) is 36.4 Å². The van der Waals surface area contributed by atoms with Crippen LogP contribution in [0.4, 0.5) is 16.3 Å². The van der Waals surface area contributed by atoms with Gasteiger partial charge in [0.1, 0.15) is 12.1 Å².